The van der Waals surface area contributed by atoms with Crippen molar-refractivity contribution in [3.63, 3.8) is 0 Å². The highest BCUT2D eigenvalue weighted by Gasteiger charge is 2.08. The largest absolute Gasteiger partial charge is 0.496 e. The van der Waals surface area contributed by atoms with E-state index in [9.17, 15) is 0 Å². The number of hydrazone groups is 1. The number of halogens is 1. The third-order valence-corrected chi connectivity index (χ3v) is 4.97. The molecule has 0 unspecified atom stereocenters. The number of benzene rings is 3. The van der Waals surface area contributed by atoms with Gasteiger partial charge >= 0.3 is 0 Å². The predicted octanol–water partition coefficient (Wildman–Crippen LogP) is 6.03. The SMILES string of the molecule is COc1ccccc1/C=N/Nc1nc(-c2ccccc2)cc(-c2ccc(Br)cc2)n1. The lowest BCUT2D eigenvalue weighted by atomic mass is 10.1. The van der Waals surface area contributed by atoms with Crippen molar-refractivity contribution in [2.75, 3.05) is 12.5 Å². The smallest absolute Gasteiger partial charge is 0.244 e. The zero-order chi connectivity index (χ0) is 20.8. The fraction of sp³-hybridized carbons (Fsp3) is 0.0417. The summed E-state index contributed by atoms with van der Waals surface area (Å²) < 4.78 is 6.37. The van der Waals surface area contributed by atoms with Crippen LogP contribution in [-0.2, 0) is 0 Å². The molecule has 0 amide bonds. The number of hydrogen-bond acceptors (Lipinski definition) is 5. The van der Waals surface area contributed by atoms with Crippen LogP contribution in [0.1, 0.15) is 5.56 Å². The molecule has 1 heterocycles. The van der Waals surface area contributed by atoms with Gasteiger partial charge in [-0.15, -0.1) is 0 Å². The van der Waals surface area contributed by atoms with Crippen molar-refractivity contribution in [2.24, 2.45) is 5.10 Å². The Bertz CT molecular complexity index is 1160. The normalized spacial score (nSPS) is 10.9. The highest BCUT2D eigenvalue weighted by Crippen LogP contribution is 2.26. The molecule has 1 N–H and O–H groups in total. The number of aromatic nitrogens is 2. The molecule has 0 aliphatic rings. The van der Waals surface area contributed by atoms with Crippen molar-refractivity contribution in [1.29, 1.82) is 0 Å². The summed E-state index contributed by atoms with van der Waals surface area (Å²) in [6.45, 7) is 0. The molecule has 4 aromatic rings. The first-order chi connectivity index (χ1) is 14.7. The van der Waals surface area contributed by atoms with Gasteiger partial charge < -0.3 is 4.74 Å². The van der Waals surface area contributed by atoms with Gasteiger partial charge in [-0.25, -0.2) is 15.4 Å². The molecule has 0 bridgehead atoms. The molecule has 30 heavy (non-hydrogen) atoms. The Labute approximate surface area is 183 Å². The molecule has 0 atom stereocenters. The number of anilines is 1. The molecule has 0 saturated carbocycles. The standard InChI is InChI=1S/C24H19BrN4O/c1-30-23-10-6-5-9-19(23)16-26-29-24-27-21(17-7-3-2-4-8-17)15-22(28-24)18-11-13-20(25)14-12-18/h2-16H,1H3,(H,27,28,29)/b26-16+. The second-order valence-electron chi connectivity index (χ2n) is 6.45. The van der Waals surface area contributed by atoms with E-state index in [2.05, 4.69) is 36.4 Å². The molecule has 1 aromatic heterocycles. The van der Waals surface area contributed by atoms with Crippen LogP contribution in [0.3, 0.4) is 0 Å². The van der Waals surface area contributed by atoms with E-state index < -0.39 is 0 Å². The fourth-order valence-corrected chi connectivity index (χ4v) is 3.22. The Morgan fingerprint density at radius 1 is 0.833 bits per heavy atom. The van der Waals surface area contributed by atoms with E-state index >= 15 is 0 Å². The minimum Gasteiger partial charge on any atom is -0.496 e. The second kappa shape index (κ2) is 9.33. The van der Waals surface area contributed by atoms with E-state index in [0.717, 1.165) is 38.3 Å². The highest BCUT2D eigenvalue weighted by molar-refractivity contribution is 9.10. The monoisotopic (exact) mass is 458 g/mol. The number of ether oxygens (including phenoxy) is 1. The Kier molecular flexibility index (Phi) is 6.15. The average molecular weight is 459 g/mol. The van der Waals surface area contributed by atoms with Crippen LogP contribution in [-0.4, -0.2) is 23.3 Å². The van der Waals surface area contributed by atoms with Gasteiger partial charge in [-0.1, -0.05) is 70.5 Å². The quantitative estimate of drug-likeness (QED) is 0.283. The van der Waals surface area contributed by atoms with Crippen LogP contribution in [0.25, 0.3) is 22.5 Å². The van der Waals surface area contributed by atoms with Gasteiger partial charge in [0.05, 0.1) is 24.7 Å². The number of rotatable bonds is 6. The fourth-order valence-electron chi connectivity index (χ4n) is 2.96. The van der Waals surface area contributed by atoms with Gasteiger partial charge in [-0.05, 0) is 30.3 Å². The summed E-state index contributed by atoms with van der Waals surface area (Å²) in [5.41, 5.74) is 7.45. The molecule has 0 saturated heterocycles. The van der Waals surface area contributed by atoms with E-state index in [1.165, 1.54) is 0 Å². The average Bonchev–Trinajstić information content (AvgIpc) is 2.80. The highest BCUT2D eigenvalue weighted by atomic mass is 79.9. The van der Waals surface area contributed by atoms with Crippen molar-refractivity contribution in [1.82, 2.24) is 9.97 Å². The lowest BCUT2D eigenvalue weighted by Gasteiger charge is -2.09. The van der Waals surface area contributed by atoms with Crippen molar-refractivity contribution >= 4 is 28.1 Å². The molecular formula is C24H19BrN4O. The summed E-state index contributed by atoms with van der Waals surface area (Å²) >= 11 is 3.48. The zero-order valence-corrected chi connectivity index (χ0v) is 17.9. The minimum absolute atomic E-state index is 0.417. The van der Waals surface area contributed by atoms with Gasteiger partial charge in [-0.2, -0.15) is 5.10 Å². The molecular weight excluding hydrogens is 440 g/mol. The van der Waals surface area contributed by atoms with E-state index in [1.807, 2.05) is 84.9 Å². The molecule has 3 aromatic carbocycles. The maximum Gasteiger partial charge on any atom is 0.244 e. The van der Waals surface area contributed by atoms with Crippen LogP contribution in [0.15, 0.2) is 94.5 Å². The second-order valence-corrected chi connectivity index (χ2v) is 7.36. The van der Waals surface area contributed by atoms with Gasteiger partial charge in [0.15, 0.2) is 0 Å². The molecule has 0 aliphatic carbocycles. The number of hydrogen-bond donors (Lipinski definition) is 1. The summed E-state index contributed by atoms with van der Waals surface area (Å²) in [6, 6.07) is 27.7. The van der Waals surface area contributed by atoms with Crippen LogP contribution in [0, 0.1) is 0 Å². The number of methoxy groups -OCH3 is 1. The van der Waals surface area contributed by atoms with Crippen molar-refractivity contribution in [2.45, 2.75) is 0 Å². The summed E-state index contributed by atoms with van der Waals surface area (Å²) in [5, 5.41) is 4.32. The van der Waals surface area contributed by atoms with E-state index in [0.29, 0.717) is 5.95 Å². The van der Waals surface area contributed by atoms with Crippen LogP contribution < -0.4 is 10.2 Å². The third-order valence-electron chi connectivity index (χ3n) is 4.44. The minimum atomic E-state index is 0.417. The molecule has 148 valence electrons. The summed E-state index contributed by atoms with van der Waals surface area (Å²) in [6.07, 6.45) is 1.69. The number of nitrogens with zero attached hydrogens (tertiary/aromatic N) is 3. The van der Waals surface area contributed by atoms with Crippen LogP contribution >= 0.6 is 15.9 Å². The van der Waals surface area contributed by atoms with Crippen LogP contribution in [0.2, 0.25) is 0 Å². The van der Waals surface area contributed by atoms with Crippen LogP contribution in [0.4, 0.5) is 5.95 Å². The Balaban J connectivity index is 1.68. The van der Waals surface area contributed by atoms with Gasteiger partial charge in [0, 0.05) is 21.2 Å². The number of para-hydroxylation sites is 1. The Morgan fingerprint density at radius 2 is 1.47 bits per heavy atom. The predicted molar refractivity (Wildman–Crippen MR) is 125 cm³/mol. The molecule has 0 radical (unpaired) electrons. The van der Waals surface area contributed by atoms with Crippen molar-refractivity contribution in [3.05, 3.63) is 95.0 Å². The van der Waals surface area contributed by atoms with Gasteiger partial charge in [-0.3, -0.25) is 0 Å². The molecule has 5 nitrogen and oxygen atoms in total. The maximum absolute atomic E-state index is 5.36. The Morgan fingerprint density at radius 3 is 2.17 bits per heavy atom. The van der Waals surface area contributed by atoms with E-state index in [1.54, 1.807) is 13.3 Å². The first kappa shape index (κ1) is 19.8. The van der Waals surface area contributed by atoms with Gasteiger partial charge in [0.1, 0.15) is 5.75 Å². The lowest BCUT2D eigenvalue weighted by molar-refractivity contribution is 0.414. The van der Waals surface area contributed by atoms with Gasteiger partial charge in [0.25, 0.3) is 0 Å². The summed E-state index contributed by atoms with van der Waals surface area (Å²) in [7, 11) is 1.64. The van der Waals surface area contributed by atoms with Gasteiger partial charge in [0.2, 0.25) is 5.95 Å². The molecule has 6 heteroatoms. The third kappa shape index (κ3) is 4.72. The van der Waals surface area contributed by atoms with Crippen LogP contribution in [0.5, 0.6) is 5.75 Å². The molecule has 0 spiro atoms. The molecule has 0 aliphatic heterocycles. The topological polar surface area (TPSA) is 59.4 Å². The summed E-state index contributed by atoms with van der Waals surface area (Å²) in [5.74, 6) is 1.16. The first-order valence-corrected chi connectivity index (χ1v) is 10.1. The Hall–Kier alpha value is -3.51. The number of nitrogens with one attached hydrogen (secondary N) is 1. The van der Waals surface area contributed by atoms with Crippen molar-refractivity contribution < 1.29 is 4.74 Å². The molecule has 0 fully saturated rings. The maximum atomic E-state index is 5.36. The van der Waals surface area contributed by atoms with Crippen molar-refractivity contribution in [3.8, 4) is 28.3 Å². The zero-order valence-electron chi connectivity index (χ0n) is 16.3. The summed E-state index contributed by atoms with van der Waals surface area (Å²) in [4.78, 5) is 9.29. The molecule has 4 rings (SSSR count). The first-order valence-electron chi connectivity index (χ1n) is 9.35. The van der Waals surface area contributed by atoms with E-state index in [4.69, 9.17) is 4.74 Å². The lowest BCUT2D eigenvalue weighted by Crippen LogP contribution is -2.00. The van der Waals surface area contributed by atoms with E-state index in [-0.39, 0.29) is 0 Å².